The number of nitrogens with zero attached hydrogens (tertiary/aromatic N) is 1. The third-order valence-electron chi connectivity index (χ3n) is 3.77. The van der Waals surface area contributed by atoms with Crippen molar-refractivity contribution >= 4 is 0 Å². The average molecular weight is 252 g/mol. The first kappa shape index (κ1) is 14.8. The Labute approximate surface area is 102 Å². The van der Waals surface area contributed by atoms with Crippen molar-refractivity contribution in [1.82, 2.24) is 10.2 Å². The molecule has 2 unspecified atom stereocenters. The average Bonchev–Trinajstić information content (AvgIpc) is 2.18. The molecule has 0 radical (unpaired) electrons. The summed E-state index contributed by atoms with van der Waals surface area (Å²) in [5.74, 6) is 0.404. The van der Waals surface area contributed by atoms with Gasteiger partial charge < -0.3 is 5.32 Å². The third kappa shape index (κ3) is 4.14. The van der Waals surface area contributed by atoms with E-state index in [1.165, 1.54) is 0 Å². The monoisotopic (exact) mass is 252 g/mol. The van der Waals surface area contributed by atoms with E-state index in [4.69, 9.17) is 0 Å². The molecular weight excluding hydrogens is 229 g/mol. The number of nitrogens with one attached hydrogen (secondary N) is 1. The van der Waals surface area contributed by atoms with E-state index in [1.807, 2.05) is 13.8 Å². The molecule has 2 atom stereocenters. The molecule has 102 valence electrons. The first-order chi connectivity index (χ1) is 7.65. The Balaban J connectivity index is 2.69. The fourth-order valence-corrected chi connectivity index (χ4v) is 2.20. The zero-order valence-electron chi connectivity index (χ0n) is 11.1. The van der Waals surface area contributed by atoms with Crippen LogP contribution in [-0.4, -0.2) is 42.3 Å². The van der Waals surface area contributed by atoms with Crippen molar-refractivity contribution in [3.8, 4) is 0 Å². The van der Waals surface area contributed by atoms with Gasteiger partial charge in [0.2, 0.25) is 0 Å². The Hall–Kier alpha value is -0.290. The second kappa shape index (κ2) is 5.14. The van der Waals surface area contributed by atoms with Crippen LogP contribution in [0.15, 0.2) is 0 Å². The first-order valence-corrected chi connectivity index (χ1v) is 6.21. The quantitative estimate of drug-likeness (QED) is 0.830. The van der Waals surface area contributed by atoms with Crippen molar-refractivity contribution in [2.45, 2.75) is 51.9 Å². The summed E-state index contributed by atoms with van der Waals surface area (Å²) in [4.78, 5) is 1.56. The molecule has 1 aliphatic heterocycles. The number of hydrogen-bond donors (Lipinski definition) is 1. The van der Waals surface area contributed by atoms with Crippen LogP contribution in [-0.2, 0) is 0 Å². The van der Waals surface area contributed by atoms with Crippen molar-refractivity contribution in [1.29, 1.82) is 0 Å². The molecule has 0 aromatic heterocycles. The van der Waals surface area contributed by atoms with Gasteiger partial charge in [0, 0.05) is 24.7 Å². The second-order valence-corrected chi connectivity index (χ2v) is 5.68. The molecule has 1 heterocycles. The molecule has 1 rings (SSSR count). The molecule has 0 bridgehead atoms. The van der Waals surface area contributed by atoms with Gasteiger partial charge in [-0.15, -0.1) is 0 Å². The van der Waals surface area contributed by atoms with Gasteiger partial charge >= 0.3 is 6.18 Å². The van der Waals surface area contributed by atoms with E-state index < -0.39 is 18.3 Å². The molecule has 0 saturated carbocycles. The van der Waals surface area contributed by atoms with Crippen LogP contribution in [0.2, 0.25) is 0 Å². The lowest BCUT2D eigenvalue weighted by atomic mass is 9.91. The standard InChI is InChI=1S/C12H23F3N2/c1-5-9(2)10-6-17(8-12(13,14)15)11(3,4)7-16-10/h9-10,16H,5-8H2,1-4H3. The maximum absolute atomic E-state index is 12.5. The summed E-state index contributed by atoms with van der Waals surface area (Å²) in [6.07, 6.45) is -3.13. The summed E-state index contributed by atoms with van der Waals surface area (Å²) in [6, 6.07) is 0.162. The van der Waals surface area contributed by atoms with Crippen molar-refractivity contribution in [3.63, 3.8) is 0 Å². The van der Waals surface area contributed by atoms with Gasteiger partial charge in [0.1, 0.15) is 0 Å². The van der Waals surface area contributed by atoms with Gasteiger partial charge in [0.05, 0.1) is 6.54 Å². The molecule has 5 heteroatoms. The van der Waals surface area contributed by atoms with Gasteiger partial charge in [0.15, 0.2) is 0 Å². The molecule has 0 amide bonds. The van der Waals surface area contributed by atoms with E-state index in [2.05, 4.69) is 19.2 Å². The van der Waals surface area contributed by atoms with Crippen LogP contribution in [0.1, 0.15) is 34.1 Å². The molecule has 2 nitrogen and oxygen atoms in total. The molecule has 0 aromatic rings. The van der Waals surface area contributed by atoms with Crippen LogP contribution in [0.4, 0.5) is 13.2 Å². The summed E-state index contributed by atoms with van der Waals surface area (Å²) in [5.41, 5.74) is -0.431. The van der Waals surface area contributed by atoms with Crippen molar-refractivity contribution < 1.29 is 13.2 Å². The Bertz CT molecular complexity index is 251. The van der Waals surface area contributed by atoms with E-state index in [-0.39, 0.29) is 6.04 Å². The minimum Gasteiger partial charge on any atom is -0.311 e. The van der Waals surface area contributed by atoms with Crippen molar-refractivity contribution in [2.24, 2.45) is 5.92 Å². The minimum atomic E-state index is -4.12. The zero-order valence-corrected chi connectivity index (χ0v) is 11.1. The molecule has 1 N–H and O–H groups in total. The van der Waals surface area contributed by atoms with Gasteiger partial charge in [0.25, 0.3) is 0 Å². The Morgan fingerprint density at radius 3 is 2.47 bits per heavy atom. The molecule has 17 heavy (non-hydrogen) atoms. The summed E-state index contributed by atoms with van der Waals surface area (Å²) in [5, 5.41) is 3.37. The van der Waals surface area contributed by atoms with Crippen LogP contribution in [0, 0.1) is 5.92 Å². The van der Waals surface area contributed by atoms with Crippen LogP contribution in [0.5, 0.6) is 0 Å². The highest BCUT2D eigenvalue weighted by atomic mass is 19.4. The number of piperazine rings is 1. The van der Waals surface area contributed by atoms with Crippen LogP contribution < -0.4 is 5.32 Å². The summed E-state index contributed by atoms with van der Waals surface area (Å²) in [6.45, 7) is 8.15. The van der Waals surface area contributed by atoms with Gasteiger partial charge in [-0.3, -0.25) is 4.90 Å². The molecule has 0 aromatic carbocycles. The van der Waals surface area contributed by atoms with Crippen LogP contribution in [0.25, 0.3) is 0 Å². The summed E-state index contributed by atoms with van der Waals surface area (Å²) < 4.78 is 37.6. The van der Waals surface area contributed by atoms with E-state index >= 15 is 0 Å². The van der Waals surface area contributed by atoms with Crippen molar-refractivity contribution in [3.05, 3.63) is 0 Å². The third-order valence-corrected chi connectivity index (χ3v) is 3.77. The highest BCUT2D eigenvalue weighted by Gasteiger charge is 2.41. The Morgan fingerprint density at radius 2 is 2.00 bits per heavy atom. The molecule has 1 aliphatic rings. The fourth-order valence-electron chi connectivity index (χ4n) is 2.20. The smallest absolute Gasteiger partial charge is 0.311 e. The lowest BCUT2D eigenvalue weighted by Crippen LogP contribution is -2.64. The van der Waals surface area contributed by atoms with Gasteiger partial charge in [-0.25, -0.2) is 0 Å². The predicted octanol–water partition coefficient (Wildman–Crippen LogP) is 2.65. The van der Waals surface area contributed by atoms with Crippen LogP contribution in [0.3, 0.4) is 0 Å². The van der Waals surface area contributed by atoms with Gasteiger partial charge in [-0.1, -0.05) is 20.3 Å². The highest BCUT2D eigenvalue weighted by molar-refractivity contribution is 4.94. The largest absolute Gasteiger partial charge is 0.401 e. The number of halogens is 3. The molecular formula is C12H23F3N2. The summed E-state index contributed by atoms with van der Waals surface area (Å²) >= 11 is 0. The maximum atomic E-state index is 12.5. The second-order valence-electron chi connectivity index (χ2n) is 5.68. The fraction of sp³-hybridized carbons (Fsp3) is 1.00. The predicted molar refractivity (Wildman–Crippen MR) is 63.0 cm³/mol. The van der Waals surface area contributed by atoms with Gasteiger partial charge in [-0.05, 0) is 19.8 Å². The van der Waals surface area contributed by atoms with E-state index in [0.717, 1.165) is 6.42 Å². The maximum Gasteiger partial charge on any atom is 0.401 e. The molecule has 1 fully saturated rings. The Morgan fingerprint density at radius 1 is 1.41 bits per heavy atom. The van der Waals surface area contributed by atoms with E-state index in [1.54, 1.807) is 4.90 Å². The number of rotatable bonds is 3. The van der Waals surface area contributed by atoms with E-state index in [9.17, 15) is 13.2 Å². The first-order valence-electron chi connectivity index (χ1n) is 6.21. The highest BCUT2D eigenvalue weighted by Crippen LogP contribution is 2.27. The normalized spacial score (nSPS) is 28.1. The minimum absolute atomic E-state index is 0.162. The SMILES string of the molecule is CCC(C)C1CN(CC(F)(F)F)C(C)(C)CN1. The zero-order chi connectivity index (χ0) is 13.3. The molecule has 1 saturated heterocycles. The van der Waals surface area contributed by atoms with E-state index in [0.29, 0.717) is 19.0 Å². The Kier molecular flexibility index (Phi) is 4.47. The lowest BCUT2D eigenvalue weighted by molar-refractivity contribution is -0.162. The van der Waals surface area contributed by atoms with Crippen molar-refractivity contribution in [2.75, 3.05) is 19.6 Å². The lowest BCUT2D eigenvalue weighted by Gasteiger charge is -2.47. The van der Waals surface area contributed by atoms with Gasteiger partial charge in [-0.2, -0.15) is 13.2 Å². The number of hydrogen-bond acceptors (Lipinski definition) is 2. The van der Waals surface area contributed by atoms with Crippen LogP contribution >= 0.6 is 0 Å². The summed E-state index contributed by atoms with van der Waals surface area (Å²) in [7, 11) is 0. The molecule has 0 aliphatic carbocycles. The number of alkyl halides is 3. The molecule has 0 spiro atoms. The topological polar surface area (TPSA) is 15.3 Å².